The van der Waals surface area contributed by atoms with Crippen LogP contribution in [0.25, 0.3) is 10.4 Å². The van der Waals surface area contributed by atoms with Gasteiger partial charge in [0.05, 0.1) is 28.3 Å². The third kappa shape index (κ3) is 6.13. The van der Waals surface area contributed by atoms with Gasteiger partial charge in [-0.25, -0.2) is 14.0 Å². The molecule has 0 spiro atoms. The van der Waals surface area contributed by atoms with Crippen molar-refractivity contribution in [1.82, 2.24) is 0 Å². The average Bonchev–Trinajstić information content (AvgIpc) is 3.29. The van der Waals surface area contributed by atoms with E-state index in [0.29, 0.717) is 10.6 Å². The van der Waals surface area contributed by atoms with Crippen LogP contribution in [0.5, 0.6) is 0 Å². The summed E-state index contributed by atoms with van der Waals surface area (Å²) in [5.41, 5.74) is 9.10. The lowest BCUT2D eigenvalue weighted by molar-refractivity contribution is -0.144. The molecule has 1 heterocycles. The molecule has 32 heavy (non-hydrogen) atoms. The number of allylic oxidation sites excluding steroid dienone is 1. The molecule has 1 atom stereocenters. The zero-order valence-electron chi connectivity index (χ0n) is 17.5. The van der Waals surface area contributed by atoms with Crippen LogP contribution in [0.15, 0.2) is 82.5 Å². The number of methoxy groups -OCH3 is 1. The quantitative estimate of drug-likeness (QED) is 0.218. The number of carbonyl (C=O) groups excluding carboxylic acids is 1. The first kappa shape index (κ1) is 23.4. The van der Waals surface area contributed by atoms with Crippen LogP contribution >= 0.6 is 11.3 Å². The first-order valence-corrected chi connectivity index (χ1v) is 11.4. The van der Waals surface area contributed by atoms with E-state index in [1.807, 2.05) is 49.4 Å². The van der Waals surface area contributed by atoms with E-state index >= 15 is 0 Å². The highest BCUT2D eigenvalue weighted by molar-refractivity contribution is 7.79. The number of esters is 1. The molecular weight excluding hydrogens is 448 g/mol. The number of para-hydroxylation sites is 1. The number of aliphatic imine (C=N–C) groups is 1. The average molecular weight is 471 g/mol. The van der Waals surface area contributed by atoms with E-state index < -0.39 is 17.0 Å². The largest absolute Gasteiger partial charge is 0.467 e. The minimum Gasteiger partial charge on any atom is -0.467 e. The van der Waals surface area contributed by atoms with Crippen molar-refractivity contribution < 1.29 is 23.0 Å². The highest BCUT2D eigenvalue weighted by atomic mass is 32.2. The smallest absolute Gasteiger partial charge is 0.343 e. The van der Waals surface area contributed by atoms with Gasteiger partial charge in [0.1, 0.15) is 0 Å². The fourth-order valence-electron chi connectivity index (χ4n) is 2.74. The van der Waals surface area contributed by atoms with Crippen molar-refractivity contribution >= 4 is 39.8 Å². The number of benzene rings is 2. The lowest BCUT2D eigenvalue weighted by Gasteiger charge is -2.07. The van der Waals surface area contributed by atoms with E-state index in [4.69, 9.17) is 15.5 Å². The molecule has 0 bridgehead atoms. The number of nitrogens with two attached hydrogens (primary N) is 1. The Labute approximate surface area is 192 Å². The summed E-state index contributed by atoms with van der Waals surface area (Å²) in [7, 11) is 1.27. The van der Waals surface area contributed by atoms with Crippen LogP contribution in [0.1, 0.15) is 10.4 Å². The molecule has 3 rings (SSSR count). The number of carbonyl (C=O) groups is 1. The van der Waals surface area contributed by atoms with Crippen molar-refractivity contribution in [1.29, 1.82) is 0 Å². The molecule has 1 unspecified atom stereocenters. The Morgan fingerprint density at radius 2 is 1.97 bits per heavy atom. The summed E-state index contributed by atoms with van der Waals surface area (Å²) >= 11 is -0.607. The van der Waals surface area contributed by atoms with E-state index in [0.717, 1.165) is 26.6 Å². The number of ether oxygens (including phenoxy) is 2. The minimum absolute atomic E-state index is 0.0235. The predicted octanol–water partition coefficient (Wildman–Crippen LogP) is 4.41. The summed E-state index contributed by atoms with van der Waals surface area (Å²) in [5, 5.41) is 0. The van der Waals surface area contributed by atoms with Crippen LogP contribution < -0.4 is 5.73 Å². The minimum atomic E-state index is -2.06. The number of hydrogen-bond donors (Lipinski definition) is 2. The second-order valence-corrected chi connectivity index (χ2v) is 8.69. The van der Waals surface area contributed by atoms with Crippen LogP contribution in [0.4, 0.5) is 5.69 Å². The molecule has 0 fully saturated rings. The molecular formula is C23H22N2O5S2. The number of aryl methyl sites for hydroxylation is 1. The molecule has 0 saturated heterocycles. The van der Waals surface area contributed by atoms with Gasteiger partial charge in [-0.05, 0) is 48.4 Å². The van der Waals surface area contributed by atoms with Crippen molar-refractivity contribution in [2.75, 3.05) is 13.7 Å². The molecule has 2 aromatic carbocycles. The van der Waals surface area contributed by atoms with Gasteiger partial charge in [0, 0.05) is 11.0 Å². The normalized spacial score (nSPS) is 13.0. The number of thiophene rings is 1. The Morgan fingerprint density at radius 1 is 1.19 bits per heavy atom. The third-order valence-corrected chi connectivity index (χ3v) is 6.21. The second kappa shape index (κ2) is 10.9. The highest BCUT2D eigenvalue weighted by Crippen LogP contribution is 2.31. The van der Waals surface area contributed by atoms with Crippen molar-refractivity contribution in [2.24, 2.45) is 10.7 Å². The molecule has 3 aromatic rings. The maximum absolute atomic E-state index is 11.4. The monoisotopic (exact) mass is 470 g/mol. The Hall–Kier alpha value is -3.27. The van der Waals surface area contributed by atoms with Gasteiger partial charge in [0.2, 0.25) is 0 Å². The molecule has 3 N–H and O–H groups in total. The predicted molar refractivity (Wildman–Crippen MR) is 126 cm³/mol. The molecule has 7 nitrogen and oxygen atoms in total. The Kier molecular flexibility index (Phi) is 7.93. The molecule has 1 aromatic heterocycles. The summed E-state index contributed by atoms with van der Waals surface area (Å²) in [6.45, 7) is 1.65. The van der Waals surface area contributed by atoms with Gasteiger partial charge >= 0.3 is 5.97 Å². The van der Waals surface area contributed by atoms with Crippen molar-refractivity contribution in [3.05, 3.63) is 83.1 Å². The van der Waals surface area contributed by atoms with E-state index in [1.54, 1.807) is 24.3 Å². The zero-order valence-corrected chi connectivity index (χ0v) is 19.1. The van der Waals surface area contributed by atoms with E-state index in [-0.39, 0.29) is 12.5 Å². The van der Waals surface area contributed by atoms with Crippen molar-refractivity contribution in [3.8, 4) is 10.4 Å². The van der Waals surface area contributed by atoms with Gasteiger partial charge in [0.15, 0.2) is 23.6 Å². The Morgan fingerprint density at radius 3 is 2.69 bits per heavy atom. The van der Waals surface area contributed by atoms with Crippen LogP contribution in [-0.4, -0.2) is 34.2 Å². The number of rotatable bonds is 8. The molecule has 0 saturated carbocycles. The van der Waals surface area contributed by atoms with Crippen LogP contribution in [0, 0.1) is 6.92 Å². The zero-order chi connectivity index (χ0) is 23.1. The molecule has 0 radical (unpaired) electrons. The SMILES string of the molecule is COC(=O)COC(N)=CC(=Nc1ccccc1C)c1ccc(-c2cccc(S(=O)O)c2)s1. The van der Waals surface area contributed by atoms with Crippen LogP contribution in [0.2, 0.25) is 0 Å². The van der Waals surface area contributed by atoms with Crippen LogP contribution in [0.3, 0.4) is 0 Å². The second-order valence-electron chi connectivity index (χ2n) is 6.64. The topological polar surface area (TPSA) is 111 Å². The molecule has 9 heteroatoms. The summed E-state index contributed by atoms with van der Waals surface area (Å²) in [6.07, 6.45) is 1.56. The fraction of sp³-hybridized carbons (Fsp3) is 0.130. The lowest BCUT2D eigenvalue weighted by Crippen LogP contribution is -2.14. The first-order chi connectivity index (χ1) is 15.4. The summed E-state index contributed by atoms with van der Waals surface area (Å²) in [4.78, 5) is 18.1. The fourth-order valence-corrected chi connectivity index (χ4v) is 4.13. The molecule has 0 amide bonds. The van der Waals surface area contributed by atoms with E-state index in [2.05, 4.69) is 4.74 Å². The Bertz CT molecular complexity index is 1200. The molecule has 0 aliphatic heterocycles. The van der Waals surface area contributed by atoms with Gasteiger partial charge in [-0.3, -0.25) is 0 Å². The highest BCUT2D eigenvalue weighted by Gasteiger charge is 2.12. The maximum Gasteiger partial charge on any atom is 0.343 e. The summed E-state index contributed by atoms with van der Waals surface area (Å²) in [5.74, 6) is -0.520. The summed E-state index contributed by atoms with van der Waals surface area (Å²) < 4.78 is 30.6. The number of nitrogens with zero attached hydrogens (tertiary/aromatic N) is 1. The van der Waals surface area contributed by atoms with Crippen LogP contribution in [-0.2, 0) is 25.3 Å². The standard InChI is InChI=1S/C23H22N2O5S2/c1-15-6-3-4-9-18(15)25-19(13-22(24)30-14-23(26)29-2)21-11-10-20(31-21)16-7-5-8-17(12-16)32(27)28/h3-13H,14,24H2,1-2H3,(H,27,28). The van der Waals surface area contributed by atoms with Gasteiger partial charge in [0.25, 0.3) is 0 Å². The lowest BCUT2D eigenvalue weighted by atomic mass is 10.2. The third-order valence-electron chi connectivity index (χ3n) is 4.40. The van der Waals surface area contributed by atoms with E-state index in [9.17, 15) is 13.6 Å². The van der Waals surface area contributed by atoms with Gasteiger partial charge in [-0.15, -0.1) is 11.3 Å². The molecule has 166 valence electrons. The Balaban J connectivity index is 1.99. The van der Waals surface area contributed by atoms with Gasteiger partial charge in [-0.1, -0.05) is 30.3 Å². The molecule has 0 aliphatic carbocycles. The maximum atomic E-state index is 11.4. The van der Waals surface area contributed by atoms with Crippen molar-refractivity contribution in [2.45, 2.75) is 11.8 Å². The number of hydrogen-bond acceptors (Lipinski definition) is 7. The van der Waals surface area contributed by atoms with Gasteiger partial charge < -0.3 is 19.8 Å². The van der Waals surface area contributed by atoms with E-state index in [1.165, 1.54) is 18.4 Å². The summed E-state index contributed by atoms with van der Waals surface area (Å²) in [6, 6.07) is 18.3. The molecule has 0 aliphatic rings. The first-order valence-electron chi connectivity index (χ1n) is 9.50. The van der Waals surface area contributed by atoms with Crippen molar-refractivity contribution in [3.63, 3.8) is 0 Å². The van der Waals surface area contributed by atoms with Gasteiger partial charge in [-0.2, -0.15) is 0 Å².